The Balaban J connectivity index is 3.78. The summed E-state index contributed by atoms with van der Waals surface area (Å²) in [5, 5.41) is 3.27. The van der Waals surface area contributed by atoms with Crippen molar-refractivity contribution >= 4 is 0 Å². The number of nitrogens with one attached hydrogen (secondary N) is 1. The summed E-state index contributed by atoms with van der Waals surface area (Å²) in [4.78, 5) is 2.49. The van der Waals surface area contributed by atoms with Crippen LogP contribution in [0.15, 0.2) is 0 Å². The molecule has 0 saturated carbocycles. The zero-order valence-corrected chi connectivity index (χ0v) is 11.0. The van der Waals surface area contributed by atoms with E-state index in [9.17, 15) is 0 Å². The fourth-order valence-corrected chi connectivity index (χ4v) is 1.55. The minimum atomic E-state index is 0.599. The van der Waals surface area contributed by atoms with Gasteiger partial charge in [-0.2, -0.15) is 0 Å². The molecule has 0 aromatic carbocycles. The van der Waals surface area contributed by atoms with Gasteiger partial charge < -0.3 is 15.0 Å². The van der Waals surface area contributed by atoms with Gasteiger partial charge in [0.1, 0.15) is 0 Å². The van der Waals surface area contributed by atoms with Crippen LogP contribution in [0.25, 0.3) is 0 Å². The maximum Gasteiger partial charge on any atom is 0.0589 e. The Kier molecular flexibility index (Phi) is 9.06. The van der Waals surface area contributed by atoms with Crippen LogP contribution in [0.5, 0.6) is 0 Å². The third-order valence-corrected chi connectivity index (χ3v) is 2.61. The highest BCUT2D eigenvalue weighted by Crippen LogP contribution is 2.01. The molecule has 0 aromatic heterocycles. The van der Waals surface area contributed by atoms with Gasteiger partial charge in [0.25, 0.3) is 0 Å². The summed E-state index contributed by atoms with van der Waals surface area (Å²) in [6, 6.07) is 0.599. The number of methoxy groups -OCH3 is 1. The van der Waals surface area contributed by atoms with Gasteiger partial charge in [-0.3, -0.25) is 0 Å². The van der Waals surface area contributed by atoms with Gasteiger partial charge in [-0.1, -0.05) is 13.8 Å². The SMILES string of the molecule is CNC(C)CCN(CCOC)CC(C)C. The van der Waals surface area contributed by atoms with Crippen molar-refractivity contribution in [1.82, 2.24) is 10.2 Å². The van der Waals surface area contributed by atoms with E-state index in [-0.39, 0.29) is 0 Å². The molecule has 0 aliphatic rings. The minimum Gasteiger partial charge on any atom is -0.383 e. The lowest BCUT2D eigenvalue weighted by atomic mass is 10.2. The molecule has 0 saturated heterocycles. The van der Waals surface area contributed by atoms with Crippen LogP contribution >= 0.6 is 0 Å². The van der Waals surface area contributed by atoms with Crippen LogP contribution in [0.1, 0.15) is 27.2 Å². The lowest BCUT2D eigenvalue weighted by Gasteiger charge is -2.25. The van der Waals surface area contributed by atoms with Gasteiger partial charge in [0.15, 0.2) is 0 Å². The zero-order valence-electron chi connectivity index (χ0n) is 11.0. The van der Waals surface area contributed by atoms with E-state index in [0.29, 0.717) is 6.04 Å². The molecule has 0 amide bonds. The molecule has 0 bridgehead atoms. The number of nitrogens with zero attached hydrogens (tertiary/aromatic N) is 1. The summed E-state index contributed by atoms with van der Waals surface area (Å²) in [5.74, 6) is 0.728. The van der Waals surface area contributed by atoms with Crippen molar-refractivity contribution in [3.8, 4) is 0 Å². The summed E-state index contributed by atoms with van der Waals surface area (Å²) >= 11 is 0. The number of hydrogen-bond donors (Lipinski definition) is 1. The predicted octanol–water partition coefficient (Wildman–Crippen LogP) is 1.59. The molecule has 0 aliphatic heterocycles. The van der Waals surface area contributed by atoms with Crippen molar-refractivity contribution in [2.24, 2.45) is 5.92 Å². The fraction of sp³-hybridized carbons (Fsp3) is 1.00. The van der Waals surface area contributed by atoms with Crippen molar-refractivity contribution in [2.45, 2.75) is 33.2 Å². The maximum absolute atomic E-state index is 5.13. The molecule has 0 radical (unpaired) electrons. The predicted molar refractivity (Wildman–Crippen MR) is 66.3 cm³/mol. The molecule has 15 heavy (non-hydrogen) atoms. The monoisotopic (exact) mass is 216 g/mol. The Hall–Kier alpha value is -0.120. The standard InChI is InChI=1S/C12H28N2O/c1-11(2)10-14(8-9-15-5)7-6-12(3)13-4/h11-13H,6-10H2,1-5H3. The smallest absolute Gasteiger partial charge is 0.0589 e. The van der Waals surface area contributed by atoms with Crippen molar-refractivity contribution in [3.05, 3.63) is 0 Å². The molecule has 1 unspecified atom stereocenters. The zero-order chi connectivity index (χ0) is 11.7. The minimum absolute atomic E-state index is 0.599. The second-order valence-electron chi connectivity index (χ2n) is 4.67. The van der Waals surface area contributed by atoms with Gasteiger partial charge in [-0.15, -0.1) is 0 Å². The van der Waals surface area contributed by atoms with E-state index < -0.39 is 0 Å². The average Bonchev–Trinajstić information content (AvgIpc) is 2.20. The first-order valence-corrected chi connectivity index (χ1v) is 5.98. The molecule has 92 valence electrons. The summed E-state index contributed by atoms with van der Waals surface area (Å²) in [7, 11) is 3.79. The molecule has 0 aliphatic carbocycles. The van der Waals surface area contributed by atoms with Crippen LogP contribution in [0.2, 0.25) is 0 Å². The summed E-state index contributed by atoms with van der Waals surface area (Å²) in [5.41, 5.74) is 0. The van der Waals surface area contributed by atoms with Gasteiger partial charge in [-0.05, 0) is 32.9 Å². The molecule has 3 nitrogen and oxygen atoms in total. The Morgan fingerprint density at radius 2 is 1.87 bits per heavy atom. The lowest BCUT2D eigenvalue weighted by molar-refractivity contribution is 0.137. The molecule has 1 N–H and O–H groups in total. The van der Waals surface area contributed by atoms with Gasteiger partial charge in [0, 0.05) is 26.2 Å². The Morgan fingerprint density at radius 1 is 1.20 bits per heavy atom. The van der Waals surface area contributed by atoms with E-state index in [1.54, 1.807) is 7.11 Å². The average molecular weight is 216 g/mol. The largest absolute Gasteiger partial charge is 0.383 e. The Labute approximate surface area is 95.2 Å². The first kappa shape index (κ1) is 14.9. The highest BCUT2D eigenvalue weighted by atomic mass is 16.5. The number of hydrogen-bond acceptors (Lipinski definition) is 3. The summed E-state index contributed by atoms with van der Waals surface area (Å²) in [6.07, 6.45) is 1.20. The van der Waals surface area contributed by atoms with E-state index in [1.165, 1.54) is 13.0 Å². The third kappa shape index (κ3) is 8.85. The first-order chi connectivity index (χ1) is 7.10. The van der Waals surface area contributed by atoms with E-state index >= 15 is 0 Å². The fourth-order valence-electron chi connectivity index (χ4n) is 1.55. The van der Waals surface area contributed by atoms with Gasteiger partial charge in [0.05, 0.1) is 6.61 Å². The van der Waals surface area contributed by atoms with E-state index in [4.69, 9.17) is 4.74 Å². The normalized spacial score (nSPS) is 13.8. The highest BCUT2D eigenvalue weighted by Gasteiger charge is 2.08. The van der Waals surface area contributed by atoms with Gasteiger partial charge >= 0.3 is 0 Å². The molecular formula is C12H28N2O. The summed E-state index contributed by atoms with van der Waals surface area (Å²) < 4.78 is 5.13. The molecule has 1 atom stereocenters. The number of ether oxygens (including phenoxy) is 1. The van der Waals surface area contributed by atoms with E-state index in [2.05, 4.69) is 31.0 Å². The van der Waals surface area contributed by atoms with Crippen LogP contribution in [0.4, 0.5) is 0 Å². The van der Waals surface area contributed by atoms with Gasteiger partial charge in [0.2, 0.25) is 0 Å². The second-order valence-corrected chi connectivity index (χ2v) is 4.67. The van der Waals surface area contributed by atoms with E-state index in [1.807, 2.05) is 7.05 Å². The lowest BCUT2D eigenvalue weighted by Crippen LogP contribution is -2.35. The molecule has 0 heterocycles. The third-order valence-electron chi connectivity index (χ3n) is 2.61. The van der Waals surface area contributed by atoms with E-state index in [0.717, 1.165) is 25.6 Å². The molecule has 0 fully saturated rings. The van der Waals surface area contributed by atoms with Crippen LogP contribution in [-0.2, 0) is 4.74 Å². The first-order valence-electron chi connectivity index (χ1n) is 5.98. The summed E-state index contributed by atoms with van der Waals surface area (Å²) in [6.45, 7) is 11.0. The van der Waals surface area contributed by atoms with Crippen molar-refractivity contribution in [3.63, 3.8) is 0 Å². The van der Waals surface area contributed by atoms with Crippen LogP contribution in [-0.4, -0.2) is 51.3 Å². The van der Waals surface area contributed by atoms with Crippen molar-refractivity contribution in [1.29, 1.82) is 0 Å². The topological polar surface area (TPSA) is 24.5 Å². The Bertz CT molecular complexity index is 140. The van der Waals surface area contributed by atoms with Crippen molar-refractivity contribution < 1.29 is 4.74 Å². The van der Waals surface area contributed by atoms with Crippen LogP contribution < -0.4 is 5.32 Å². The maximum atomic E-state index is 5.13. The van der Waals surface area contributed by atoms with Crippen LogP contribution in [0, 0.1) is 5.92 Å². The number of rotatable bonds is 9. The van der Waals surface area contributed by atoms with Gasteiger partial charge in [-0.25, -0.2) is 0 Å². The molecule has 0 spiro atoms. The quantitative estimate of drug-likeness (QED) is 0.633. The highest BCUT2D eigenvalue weighted by molar-refractivity contribution is 4.65. The Morgan fingerprint density at radius 3 is 2.33 bits per heavy atom. The molecule has 0 rings (SSSR count). The second kappa shape index (κ2) is 9.13. The molecular weight excluding hydrogens is 188 g/mol. The van der Waals surface area contributed by atoms with Crippen molar-refractivity contribution in [2.75, 3.05) is 40.4 Å². The molecule has 0 aromatic rings. The molecule has 3 heteroatoms. The van der Waals surface area contributed by atoms with Crippen LogP contribution in [0.3, 0.4) is 0 Å².